The number of benzene rings is 1. The largest absolute Gasteiger partial charge is 0.312 e. The van der Waals surface area contributed by atoms with Crippen molar-refractivity contribution >= 4 is 11.7 Å². The number of aryl methyl sites for hydroxylation is 3. The fourth-order valence-electron chi connectivity index (χ4n) is 4.34. The molecule has 1 fully saturated rings. The van der Waals surface area contributed by atoms with E-state index >= 15 is 0 Å². The zero-order chi connectivity index (χ0) is 21.1. The van der Waals surface area contributed by atoms with E-state index in [0.717, 1.165) is 61.7 Å². The average molecular weight is 404 g/mol. The number of rotatable bonds is 6. The summed E-state index contributed by atoms with van der Waals surface area (Å²) in [6, 6.07) is 11.6. The van der Waals surface area contributed by atoms with Gasteiger partial charge in [0.05, 0.1) is 5.69 Å². The van der Waals surface area contributed by atoms with Gasteiger partial charge in [-0.3, -0.25) is 4.90 Å². The molecule has 2 aromatic heterocycles. The maximum atomic E-state index is 4.81. The number of hydrogen-bond donors (Lipinski definition) is 1. The molecule has 1 atom stereocenters. The minimum Gasteiger partial charge on any atom is -0.312 e. The van der Waals surface area contributed by atoms with Gasteiger partial charge in [0.2, 0.25) is 0 Å². The molecule has 4 rings (SSSR count). The summed E-state index contributed by atoms with van der Waals surface area (Å²) in [6.07, 6.45) is 6.30. The highest BCUT2D eigenvalue weighted by Crippen LogP contribution is 2.21. The van der Waals surface area contributed by atoms with E-state index in [4.69, 9.17) is 10.1 Å². The Morgan fingerprint density at radius 2 is 2.00 bits per heavy atom. The van der Waals surface area contributed by atoms with Gasteiger partial charge in [-0.15, -0.1) is 0 Å². The van der Waals surface area contributed by atoms with Crippen LogP contribution in [-0.4, -0.2) is 51.7 Å². The number of aromatic nitrogens is 3. The Morgan fingerprint density at radius 1 is 1.20 bits per heavy atom. The molecule has 0 spiro atoms. The lowest BCUT2D eigenvalue weighted by Crippen LogP contribution is -2.49. The van der Waals surface area contributed by atoms with Crippen LogP contribution in [-0.2, 0) is 12.8 Å². The van der Waals surface area contributed by atoms with Crippen LogP contribution in [0.4, 0.5) is 0 Å². The molecule has 1 unspecified atom stereocenters. The molecule has 30 heavy (non-hydrogen) atoms. The molecule has 1 aliphatic heterocycles. The fourth-order valence-corrected chi connectivity index (χ4v) is 4.34. The third-order valence-electron chi connectivity index (χ3n) is 5.90. The first-order valence-electron chi connectivity index (χ1n) is 11.1. The minimum absolute atomic E-state index is 0.585. The number of fused-ring (bicyclic) bond motifs is 1. The molecule has 1 saturated heterocycles. The second-order valence-electron chi connectivity index (χ2n) is 8.49. The average Bonchev–Trinajstić information content (AvgIpc) is 3.07. The number of piperazine rings is 1. The smallest absolute Gasteiger partial charge is 0.159 e. The lowest BCUT2D eigenvalue weighted by molar-refractivity contribution is 0.227. The Morgan fingerprint density at radius 3 is 2.73 bits per heavy atom. The van der Waals surface area contributed by atoms with Gasteiger partial charge in [0.1, 0.15) is 0 Å². The van der Waals surface area contributed by atoms with Gasteiger partial charge in [-0.1, -0.05) is 43.3 Å². The Bertz CT molecular complexity index is 1030. The summed E-state index contributed by atoms with van der Waals surface area (Å²) in [4.78, 5) is 7.29. The summed E-state index contributed by atoms with van der Waals surface area (Å²) in [5, 5.41) is 8.30. The van der Waals surface area contributed by atoms with E-state index in [-0.39, 0.29) is 0 Å². The maximum absolute atomic E-state index is 4.81. The molecule has 0 bridgehead atoms. The van der Waals surface area contributed by atoms with Crippen molar-refractivity contribution in [3.63, 3.8) is 0 Å². The summed E-state index contributed by atoms with van der Waals surface area (Å²) >= 11 is 0. The second kappa shape index (κ2) is 9.11. The van der Waals surface area contributed by atoms with E-state index in [0.29, 0.717) is 6.04 Å². The van der Waals surface area contributed by atoms with Crippen molar-refractivity contribution in [2.24, 2.45) is 0 Å². The molecule has 0 saturated carbocycles. The van der Waals surface area contributed by atoms with Gasteiger partial charge < -0.3 is 5.32 Å². The molecule has 3 aromatic rings. The highest BCUT2D eigenvalue weighted by molar-refractivity contribution is 5.55. The van der Waals surface area contributed by atoms with E-state index in [9.17, 15) is 0 Å². The highest BCUT2D eigenvalue weighted by Gasteiger charge is 2.15. The van der Waals surface area contributed by atoms with Crippen molar-refractivity contribution in [2.75, 3.05) is 26.2 Å². The SMILES string of the molecule is CCc1nn2c(C)cc(C)nc2c1Cc1ccc(/C=C/CN2CCNC(C)C2)cc1. The molecule has 1 N–H and O–H groups in total. The van der Waals surface area contributed by atoms with Crippen LogP contribution in [0.1, 0.15) is 47.6 Å². The van der Waals surface area contributed by atoms with E-state index in [1.165, 1.54) is 16.7 Å². The molecule has 158 valence electrons. The van der Waals surface area contributed by atoms with E-state index in [2.05, 4.69) is 80.4 Å². The predicted molar refractivity (Wildman–Crippen MR) is 124 cm³/mol. The summed E-state index contributed by atoms with van der Waals surface area (Å²) in [7, 11) is 0. The summed E-state index contributed by atoms with van der Waals surface area (Å²) in [6.45, 7) is 12.9. The third kappa shape index (κ3) is 4.63. The van der Waals surface area contributed by atoms with Gasteiger partial charge in [-0.2, -0.15) is 5.10 Å². The van der Waals surface area contributed by atoms with Crippen molar-refractivity contribution in [2.45, 2.75) is 46.6 Å². The van der Waals surface area contributed by atoms with Crippen LogP contribution in [0.15, 0.2) is 36.4 Å². The van der Waals surface area contributed by atoms with E-state index in [1.54, 1.807) is 0 Å². The predicted octanol–water partition coefficient (Wildman–Crippen LogP) is 3.81. The molecule has 5 nitrogen and oxygen atoms in total. The van der Waals surface area contributed by atoms with Gasteiger partial charge in [0.25, 0.3) is 0 Å². The van der Waals surface area contributed by atoms with Crippen molar-refractivity contribution in [3.8, 4) is 0 Å². The van der Waals surface area contributed by atoms with Crippen LogP contribution in [0.25, 0.3) is 11.7 Å². The number of hydrogen-bond acceptors (Lipinski definition) is 4. The van der Waals surface area contributed by atoms with Gasteiger partial charge in [-0.05, 0) is 44.4 Å². The molecule has 0 aliphatic carbocycles. The van der Waals surface area contributed by atoms with Crippen LogP contribution >= 0.6 is 0 Å². The van der Waals surface area contributed by atoms with Gasteiger partial charge in [0, 0.05) is 55.6 Å². The number of nitrogens with zero attached hydrogens (tertiary/aromatic N) is 4. The van der Waals surface area contributed by atoms with Crippen LogP contribution < -0.4 is 5.32 Å². The summed E-state index contributed by atoms with van der Waals surface area (Å²) < 4.78 is 2.00. The molecule has 0 amide bonds. The Labute approximate surface area is 179 Å². The third-order valence-corrected chi connectivity index (χ3v) is 5.90. The Kier molecular flexibility index (Phi) is 6.30. The zero-order valence-corrected chi connectivity index (χ0v) is 18.7. The van der Waals surface area contributed by atoms with Gasteiger partial charge in [-0.25, -0.2) is 9.50 Å². The lowest BCUT2D eigenvalue weighted by Gasteiger charge is -2.30. The maximum Gasteiger partial charge on any atom is 0.159 e. The fraction of sp³-hybridized carbons (Fsp3) is 0.440. The normalized spacial score (nSPS) is 17.9. The first-order valence-corrected chi connectivity index (χ1v) is 11.1. The van der Waals surface area contributed by atoms with Crippen LogP contribution in [0, 0.1) is 13.8 Å². The van der Waals surface area contributed by atoms with Crippen LogP contribution in [0.2, 0.25) is 0 Å². The van der Waals surface area contributed by atoms with Crippen LogP contribution in [0.5, 0.6) is 0 Å². The highest BCUT2D eigenvalue weighted by atomic mass is 15.3. The van der Waals surface area contributed by atoms with Gasteiger partial charge in [0.15, 0.2) is 5.65 Å². The number of nitrogens with one attached hydrogen (secondary N) is 1. The standard InChI is InChI=1S/C25H33N5/c1-5-24-23(25-27-18(2)15-20(4)30(25)28-24)16-22-10-8-21(9-11-22)7-6-13-29-14-12-26-19(3)17-29/h6-11,15,19,26H,5,12-14,16-17H2,1-4H3/b7-6+. The molecule has 5 heteroatoms. The van der Waals surface area contributed by atoms with E-state index < -0.39 is 0 Å². The molecule has 0 radical (unpaired) electrons. The van der Waals surface area contributed by atoms with Crippen molar-refractivity contribution < 1.29 is 0 Å². The summed E-state index contributed by atoms with van der Waals surface area (Å²) in [5.74, 6) is 0. The van der Waals surface area contributed by atoms with Crippen molar-refractivity contribution in [3.05, 3.63) is 70.2 Å². The first-order chi connectivity index (χ1) is 14.5. The van der Waals surface area contributed by atoms with Crippen molar-refractivity contribution in [1.29, 1.82) is 0 Å². The molecule has 1 aliphatic rings. The second-order valence-corrected chi connectivity index (χ2v) is 8.49. The van der Waals surface area contributed by atoms with Crippen molar-refractivity contribution in [1.82, 2.24) is 24.8 Å². The van der Waals surface area contributed by atoms with Gasteiger partial charge >= 0.3 is 0 Å². The first kappa shape index (κ1) is 20.8. The molecule has 3 heterocycles. The Balaban J connectivity index is 1.47. The topological polar surface area (TPSA) is 45.5 Å². The molecular weight excluding hydrogens is 370 g/mol. The molecule has 1 aromatic carbocycles. The molecular formula is C25H33N5. The quantitative estimate of drug-likeness (QED) is 0.680. The van der Waals surface area contributed by atoms with Crippen LogP contribution in [0.3, 0.4) is 0 Å². The summed E-state index contributed by atoms with van der Waals surface area (Å²) in [5.41, 5.74) is 8.13. The zero-order valence-electron chi connectivity index (χ0n) is 18.7. The van der Waals surface area contributed by atoms with E-state index in [1.807, 2.05) is 4.52 Å². The minimum atomic E-state index is 0.585. The lowest BCUT2D eigenvalue weighted by atomic mass is 10.0. The Hall–Kier alpha value is -2.50. The monoisotopic (exact) mass is 403 g/mol.